The highest BCUT2D eigenvalue weighted by Gasteiger charge is 2.38. The maximum Gasteiger partial charge on any atom is 0.345 e. The van der Waals surface area contributed by atoms with Crippen LogP contribution >= 0.6 is 43.2 Å². The molecule has 0 bridgehead atoms. The number of phenolic OH excluding ortho intramolecular Hbond substituents is 2. The molecule has 3 aliphatic heterocycles. The summed E-state index contributed by atoms with van der Waals surface area (Å²) in [5.74, 6) is 0.307. The lowest BCUT2D eigenvalue weighted by atomic mass is 9.85. The number of phenols is 2. The van der Waals surface area contributed by atoms with Crippen LogP contribution in [0.3, 0.4) is 0 Å². The number of aliphatic imine (C=N–C) groups is 3. The predicted molar refractivity (Wildman–Crippen MR) is 393 cm³/mol. The highest BCUT2D eigenvalue weighted by atomic mass is 79.9. The molecule has 0 aliphatic carbocycles. The number of benzene rings is 2. The number of aromatic hydroxyl groups is 3. The molecule has 0 saturated carbocycles. The third kappa shape index (κ3) is 18.9. The van der Waals surface area contributed by atoms with E-state index in [0.717, 1.165) is 26.8 Å². The number of anilines is 3. The zero-order valence-corrected chi connectivity index (χ0v) is 65.2. The van der Waals surface area contributed by atoms with Gasteiger partial charge in [0.25, 0.3) is 21.8 Å². The first kappa shape index (κ1) is 79.2. The fourth-order valence-corrected chi connectivity index (χ4v) is 15.1. The van der Waals surface area contributed by atoms with Crippen molar-refractivity contribution in [1.82, 2.24) is 28.3 Å². The summed E-state index contributed by atoms with van der Waals surface area (Å²) in [5, 5.41) is 41.6. The molecule has 100 heavy (non-hydrogen) atoms. The van der Waals surface area contributed by atoms with Crippen LogP contribution in [0, 0.1) is 17.8 Å². The lowest BCUT2D eigenvalue weighted by molar-refractivity contribution is 0.0816. The Balaban J connectivity index is 0.000000211. The second-order valence-corrected chi connectivity index (χ2v) is 35.2. The Morgan fingerprint density at radius 1 is 0.600 bits per heavy atom. The predicted octanol–water partition coefficient (Wildman–Crippen LogP) is 10.6. The molecule has 38 heteroatoms. The average Bonchev–Trinajstić information content (AvgIpc) is 1.58. The maximum absolute atomic E-state index is 12.5. The van der Waals surface area contributed by atoms with Crippen LogP contribution in [0.4, 0.5) is 17.1 Å². The summed E-state index contributed by atoms with van der Waals surface area (Å²) >= 11 is 7.34. The van der Waals surface area contributed by atoms with Gasteiger partial charge in [-0.2, -0.15) is 25.3 Å². The highest BCUT2D eigenvalue weighted by molar-refractivity contribution is 9.10. The van der Waals surface area contributed by atoms with Gasteiger partial charge in [-0.15, -0.1) is 24.5 Å². The molecule has 2 aromatic carbocycles. The van der Waals surface area contributed by atoms with Gasteiger partial charge in [0, 0.05) is 56.6 Å². The van der Waals surface area contributed by atoms with E-state index in [1.165, 1.54) is 41.4 Å². The number of amidine groups is 6. The molecule has 7 heterocycles. The number of aryl methyl sites for hydroxylation is 1. The number of furan rings is 3. The van der Waals surface area contributed by atoms with E-state index in [4.69, 9.17) is 13.3 Å². The Kier molecular flexibility index (Phi) is 24.2. The minimum absolute atomic E-state index is 0.00563. The molecule has 544 valence electrons. The van der Waals surface area contributed by atoms with Crippen molar-refractivity contribution >= 4 is 148 Å². The van der Waals surface area contributed by atoms with E-state index in [0.29, 0.717) is 38.4 Å². The van der Waals surface area contributed by atoms with Crippen molar-refractivity contribution < 1.29 is 71.8 Å². The highest BCUT2D eigenvalue weighted by Crippen LogP contribution is 2.43. The summed E-state index contributed by atoms with van der Waals surface area (Å²) in [6, 6.07) is 12.0. The molecule has 3 atom stereocenters. The van der Waals surface area contributed by atoms with Crippen molar-refractivity contribution in [1.29, 1.82) is 0 Å². The zero-order valence-electron chi connectivity index (χ0n) is 57.9. The number of halogens is 2. The van der Waals surface area contributed by atoms with Crippen molar-refractivity contribution in [3.05, 3.63) is 121 Å². The summed E-state index contributed by atoms with van der Waals surface area (Å²) in [5.41, 5.74) is 1.39. The molecule has 4 aromatic heterocycles. The van der Waals surface area contributed by atoms with Crippen LogP contribution in [0.15, 0.2) is 121 Å². The number of hydrogen-bond donors (Lipinski definition) is 9. The summed E-state index contributed by atoms with van der Waals surface area (Å²) < 4.78 is 135. The monoisotopic (exact) mass is 1610 g/mol. The van der Waals surface area contributed by atoms with Gasteiger partial charge in [-0.05, 0) is 128 Å². The Hall–Kier alpha value is -8.14. The van der Waals surface area contributed by atoms with E-state index in [-0.39, 0.29) is 90.7 Å². The van der Waals surface area contributed by atoms with Crippen molar-refractivity contribution in [3.8, 4) is 17.2 Å². The molecular formula is C62H81Br2N15O16S5. The van der Waals surface area contributed by atoms with Gasteiger partial charge >= 0.3 is 30.6 Å². The number of thiophene rings is 1. The molecule has 9 N–H and O–H groups in total. The number of amides is 2. The van der Waals surface area contributed by atoms with Gasteiger partial charge in [0.2, 0.25) is 0 Å². The smallest absolute Gasteiger partial charge is 0.345 e. The molecule has 6 aromatic rings. The van der Waals surface area contributed by atoms with E-state index < -0.39 is 87.2 Å². The van der Waals surface area contributed by atoms with Gasteiger partial charge in [-0.25, -0.2) is 26.9 Å². The Labute approximate surface area is 602 Å². The molecule has 0 fully saturated rings. The van der Waals surface area contributed by atoms with Crippen LogP contribution in [0.1, 0.15) is 167 Å². The number of rotatable bonds is 16. The number of hydrogen-bond acceptors (Lipinski definition) is 23. The second-order valence-electron chi connectivity index (χ2n) is 26.3. The largest absolute Gasteiger partial charge is 0.505 e. The maximum atomic E-state index is 12.5. The average molecular weight is 1610 g/mol. The number of sulfonamides is 1. The van der Waals surface area contributed by atoms with Gasteiger partial charge in [-0.1, -0.05) is 76.2 Å². The first-order valence-corrected chi connectivity index (χ1v) is 38.7. The number of carbonyl (C=O) groups is 2. The summed E-state index contributed by atoms with van der Waals surface area (Å²) in [7, 11) is -7.12. The summed E-state index contributed by atoms with van der Waals surface area (Å²) in [6.07, 6.45) is 3.84. The Morgan fingerprint density at radius 3 is 1.35 bits per heavy atom. The third-order valence-corrected chi connectivity index (χ3v) is 22.0. The zero-order chi connectivity index (χ0) is 74.9. The number of carbonyl (C=O) groups excluding carboxylic acids is 2. The quantitative estimate of drug-likeness (QED) is 0.0406. The van der Waals surface area contributed by atoms with Crippen LogP contribution < -0.4 is 30.1 Å². The van der Waals surface area contributed by atoms with Crippen LogP contribution in [0.5, 0.6) is 17.2 Å². The third-order valence-electron chi connectivity index (χ3n) is 14.8. The van der Waals surface area contributed by atoms with Gasteiger partial charge < -0.3 is 54.3 Å². The minimum Gasteiger partial charge on any atom is -0.505 e. The van der Waals surface area contributed by atoms with Crippen molar-refractivity contribution in [2.45, 2.75) is 124 Å². The molecule has 9 rings (SSSR count). The molecular weight excluding hydrogens is 1530 g/mol. The molecule has 31 nitrogen and oxygen atoms in total. The molecule has 2 amide bonds. The van der Waals surface area contributed by atoms with Crippen molar-refractivity contribution in [2.24, 2.45) is 39.0 Å². The van der Waals surface area contributed by atoms with Crippen molar-refractivity contribution in [2.75, 3.05) is 58.2 Å². The number of nitrogens with one attached hydrogen (secondary N) is 6. The van der Waals surface area contributed by atoms with E-state index in [1.807, 2.05) is 101 Å². The van der Waals surface area contributed by atoms with Gasteiger partial charge in [0.1, 0.15) is 41.2 Å². The molecule has 0 saturated heterocycles. The normalized spacial score (nSPS) is 17.6. The van der Waals surface area contributed by atoms with E-state index in [1.54, 1.807) is 58.9 Å². The SMILES string of the molecule is CC(C)c1coc([C@H](N=C2NS(=O)(=O)N=C2Nc2ccc(Br)c(C(=O)N(C)C)c2O)C(C)(C)C)c1.CC[C@@H](N=C1NS(=O)(=O)N=C1Nc1csc(S(=O)(=O)N(C)C)c1O)c1cc(C(C)C)co1.Cc1ccc([C@H](N=C2NS(=O)(=O)N=C2Nc2ccc(Br)c(C(=O)N(C)C)c2O)C(C)(C)C)o1. The molecule has 0 radical (unpaired) electrons. The fraction of sp³-hybridized carbons (Fsp3) is 0.419. The first-order valence-electron chi connectivity index (χ1n) is 30.5. The Morgan fingerprint density at radius 2 is 0.990 bits per heavy atom. The van der Waals surface area contributed by atoms with E-state index in [2.05, 4.69) is 90.1 Å². The van der Waals surface area contributed by atoms with Crippen LogP contribution in [-0.4, -0.2) is 152 Å². The van der Waals surface area contributed by atoms with E-state index in [9.17, 15) is 58.6 Å². The first-order chi connectivity index (χ1) is 46.1. The topological polar surface area (TPSA) is 427 Å². The lowest BCUT2D eigenvalue weighted by Gasteiger charge is -2.26. The fourth-order valence-electron chi connectivity index (χ4n) is 9.32. The van der Waals surface area contributed by atoms with Gasteiger partial charge in [-0.3, -0.25) is 24.6 Å². The lowest BCUT2D eigenvalue weighted by Crippen LogP contribution is -2.32. The van der Waals surface area contributed by atoms with Gasteiger partial charge in [0.15, 0.2) is 56.5 Å². The van der Waals surface area contributed by atoms with Crippen molar-refractivity contribution in [3.63, 3.8) is 0 Å². The molecule has 3 aliphatic rings. The van der Waals surface area contributed by atoms with E-state index >= 15 is 0 Å². The molecule has 0 unspecified atom stereocenters. The second kappa shape index (κ2) is 30.6. The summed E-state index contributed by atoms with van der Waals surface area (Å²) in [4.78, 5) is 41.4. The van der Waals surface area contributed by atoms with Crippen LogP contribution in [0.25, 0.3) is 0 Å². The van der Waals surface area contributed by atoms with Crippen LogP contribution in [-0.2, 0) is 40.7 Å². The standard InChI is InChI=1S/C23H30BrN5O5S.C21H26BrN5O5S.C18H25N5O6S3/c1-12(2)13-10-16(34-11-13)19(23(3,4)5)26-21-20(27-35(32,33)28-21)25-15-9-8-14(24)17(18(15)30)22(31)29(6)7;1-11-7-10-14(32-11)17(21(2,3)4)24-19-18(25-33(30,31)26-19)23-13-9-8-12(22)15(16(13)28)20(29)27(5)6;1-6-12(14-7-11(8-29-14)10(2)3)19-16-17(22-32(27,28)21-16)20-13-9-30-18(15(13)24)31(25,26)23(4)5/h8-12,19,30H,1-7H3,(H,25,27)(H,26,28);7-10,17,28H,1-6H3,(H,23,25)(H,24,26);7-10,12,24H,6H2,1-5H3,(H,19,21)(H,20,22)/t19-;17-;12-/m001/s1. The minimum atomic E-state index is -4.06. The molecule has 0 spiro atoms. The Bertz CT molecular complexity index is 4780. The van der Waals surface area contributed by atoms with Crippen LogP contribution in [0.2, 0.25) is 0 Å². The number of nitrogens with zero attached hydrogens (tertiary/aromatic N) is 9. The summed E-state index contributed by atoms with van der Waals surface area (Å²) in [6.45, 7) is 23.6. The van der Waals surface area contributed by atoms with Gasteiger partial charge in [0.05, 0.1) is 40.7 Å².